The van der Waals surface area contributed by atoms with Crippen LogP contribution >= 0.6 is 31.9 Å². The molecule has 0 bridgehead atoms. The number of halogens is 2. The number of nitrogens with zero attached hydrogens (tertiary/aromatic N) is 2. The van der Waals surface area contributed by atoms with E-state index in [9.17, 15) is 9.59 Å². The van der Waals surface area contributed by atoms with Crippen LogP contribution in [0.1, 0.15) is 43.5 Å². The van der Waals surface area contributed by atoms with Gasteiger partial charge in [-0.15, -0.1) is 0 Å². The zero-order valence-electron chi connectivity index (χ0n) is 10.9. The molecule has 0 radical (unpaired) electrons. The number of carbonyl (C=O) groups is 2. The van der Waals surface area contributed by atoms with E-state index in [1.54, 1.807) is 11.6 Å². The van der Waals surface area contributed by atoms with E-state index >= 15 is 0 Å². The maximum absolute atomic E-state index is 11.7. The van der Waals surface area contributed by atoms with Crippen molar-refractivity contribution >= 4 is 43.6 Å². The van der Waals surface area contributed by atoms with Crippen molar-refractivity contribution in [1.82, 2.24) is 9.78 Å². The third-order valence-corrected chi connectivity index (χ3v) is 3.91. The maximum Gasteiger partial charge on any atom is 0.343 e. The van der Waals surface area contributed by atoms with Gasteiger partial charge in [0.05, 0.1) is 6.61 Å². The summed E-state index contributed by atoms with van der Waals surface area (Å²) in [5.74, 6) is -0.190. The molecule has 1 aromatic heterocycles. The van der Waals surface area contributed by atoms with Gasteiger partial charge in [-0.2, -0.15) is 5.10 Å². The van der Waals surface area contributed by atoms with Crippen molar-refractivity contribution in [3.8, 4) is 0 Å². The largest absolute Gasteiger partial charge is 0.462 e. The molecular weight excluding hydrogens is 380 g/mol. The molecule has 0 unspecified atom stereocenters. The zero-order chi connectivity index (χ0) is 14.4. The molecule has 7 heteroatoms. The number of hydrogen-bond acceptors (Lipinski definition) is 4. The highest BCUT2D eigenvalue weighted by atomic mass is 79.9. The summed E-state index contributed by atoms with van der Waals surface area (Å²) < 4.78 is 7.62. The van der Waals surface area contributed by atoms with Gasteiger partial charge in [-0.3, -0.25) is 9.48 Å². The fourth-order valence-corrected chi connectivity index (χ4v) is 2.95. The van der Waals surface area contributed by atoms with Gasteiger partial charge in [0.25, 0.3) is 0 Å². The van der Waals surface area contributed by atoms with Crippen LogP contribution in [0.4, 0.5) is 0 Å². The second kappa shape index (κ2) is 7.79. The summed E-state index contributed by atoms with van der Waals surface area (Å²) in [5.41, 5.74) is 0.378. The van der Waals surface area contributed by atoms with Gasteiger partial charge in [-0.25, -0.2) is 4.79 Å². The lowest BCUT2D eigenvalue weighted by Gasteiger charge is -2.03. The number of aromatic nitrogens is 2. The Bertz CT molecular complexity index is 472. The van der Waals surface area contributed by atoms with Crippen LogP contribution in [0.25, 0.3) is 0 Å². The molecule has 5 nitrogen and oxygen atoms in total. The molecular formula is C12H16Br2N2O3. The molecule has 0 aliphatic heterocycles. The summed E-state index contributed by atoms with van der Waals surface area (Å²) >= 11 is 6.59. The Labute approximate surface area is 128 Å². The summed E-state index contributed by atoms with van der Waals surface area (Å²) in [6.45, 7) is 4.49. The first-order valence-electron chi connectivity index (χ1n) is 6.11. The number of ketones is 1. The number of rotatable bonds is 7. The average Bonchev–Trinajstić information content (AvgIpc) is 2.64. The Morgan fingerprint density at radius 3 is 2.58 bits per heavy atom. The van der Waals surface area contributed by atoms with E-state index in [0.29, 0.717) is 47.2 Å². The van der Waals surface area contributed by atoms with E-state index in [1.165, 1.54) is 0 Å². The molecule has 0 aliphatic rings. The van der Waals surface area contributed by atoms with Gasteiger partial charge in [0.15, 0.2) is 0 Å². The van der Waals surface area contributed by atoms with E-state index in [2.05, 4.69) is 37.0 Å². The number of esters is 1. The van der Waals surface area contributed by atoms with Crippen molar-refractivity contribution in [3.05, 3.63) is 14.8 Å². The van der Waals surface area contributed by atoms with Gasteiger partial charge in [-0.05, 0) is 45.2 Å². The minimum Gasteiger partial charge on any atom is -0.462 e. The van der Waals surface area contributed by atoms with Crippen molar-refractivity contribution in [3.63, 3.8) is 0 Å². The third-order valence-electron chi connectivity index (χ3n) is 2.55. The second-order valence-corrected chi connectivity index (χ2v) is 5.40. The summed E-state index contributed by atoms with van der Waals surface area (Å²) in [7, 11) is 0. The van der Waals surface area contributed by atoms with E-state index in [-0.39, 0.29) is 5.78 Å². The van der Waals surface area contributed by atoms with Crippen LogP contribution in [-0.4, -0.2) is 28.1 Å². The molecule has 0 spiro atoms. The van der Waals surface area contributed by atoms with E-state index in [1.807, 2.05) is 6.92 Å². The molecule has 1 rings (SSSR count). The summed E-state index contributed by atoms with van der Waals surface area (Å²) in [6, 6.07) is 0. The molecule has 0 fully saturated rings. The maximum atomic E-state index is 11.7. The molecule has 0 atom stereocenters. The normalized spacial score (nSPS) is 10.5. The van der Waals surface area contributed by atoms with Gasteiger partial charge < -0.3 is 4.74 Å². The summed E-state index contributed by atoms with van der Waals surface area (Å²) in [6.07, 6.45) is 1.77. The molecule has 1 heterocycles. The minimum absolute atomic E-state index is 0.230. The molecule has 0 aromatic carbocycles. The lowest BCUT2D eigenvalue weighted by atomic mass is 10.2. The van der Waals surface area contributed by atoms with Crippen LogP contribution in [-0.2, 0) is 16.1 Å². The highest BCUT2D eigenvalue weighted by Gasteiger charge is 2.21. The monoisotopic (exact) mass is 394 g/mol. The van der Waals surface area contributed by atoms with Crippen LogP contribution in [0, 0.1) is 0 Å². The fraction of sp³-hybridized carbons (Fsp3) is 0.583. The quantitative estimate of drug-likeness (QED) is 0.664. The van der Waals surface area contributed by atoms with Crippen LogP contribution in [0.2, 0.25) is 0 Å². The Morgan fingerprint density at radius 1 is 1.32 bits per heavy atom. The minimum atomic E-state index is -0.419. The Kier molecular flexibility index (Phi) is 6.71. The van der Waals surface area contributed by atoms with E-state index < -0.39 is 5.97 Å². The first-order valence-corrected chi connectivity index (χ1v) is 7.70. The van der Waals surface area contributed by atoms with Crippen molar-refractivity contribution in [2.24, 2.45) is 0 Å². The van der Waals surface area contributed by atoms with Gasteiger partial charge in [0, 0.05) is 19.4 Å². The molecule has 0 amide bonds. The third kappa shape index (κ3) is 4.42. The predicted molar refractivity (Wildman–Crippen MR) is 78.1 cm³/mol. The van der Waals surface area contributed by atoms with Crippen LogP contribution in [0.3, 0.4) is 0 Å². The standard InChI is InChI=1S/C12H16Br2N2O3/c1-3-8(17)6-5-7-16-11(14)9(10(13)15-16)12(18)19-4-2/h3-7H2,1-2H3. The highest BCUT2D eigenvalue weighted by molar-refractivity contribution is 9.11. The first kappa shape index (κ1) is 16.4. The van der Waals surface area contributed by atoms with Crippen LogP contribution in [0.5, 0.6) is 0 Å². The molecule has 0 aliphatic carbocycles. The van der Waals surface area contributed by atoms with Crippen molar-refractivity contribution in [2.75, 3.05) is 6.61 Å². The molecule has 0 N–H and O–H groups in total. The number of hydrogen-bond donors (Lipinski definition) is 0. The van der Waals surface area contributed by atoms with Gasteiger partial charge in [0.2, 0.25) is 0 Å². The molecule has 106 valence electrons. The van der Waals surface area contributed by atoms with Crippen LogP contribution < -0.4 is 0 Å². The lowest BCUT2D eigenvalue weighted by Crippen LogP contribution is -2.07. The SMILES string of the molecule is CCOC(=O)c1c(Br)nn(CCCC(=O)CC)c1Br. The average molecular weight is 396 g/mol. The van der Waals surface area contributed by atoms with Gasteiger partial charge in [-0.1, -0.05) is 6.92 Å². The van der Waals surface area contributed by atoms with E-state index in [4.69, 9.17) is 4.74 Å². The smallest absolute Gasteiger partial charge is 0.343 e. The summed E-state index contributed by atoms with van der Waals surface area (Å²) in [5, 5.41) is 4.21. The molecule has 0 saturated carbocycles. The first-order chi connectivity index (χ1) is 9.01. The van der Waals surface area contributed by atoms with Crippen molar-refractivity contribution in [1.29, 1.82) is 0 Å². The zero-order valence-corrected chi connectivity index (χ0v) is 14.1. The molecule has 1 aromatic rings. The number of carbonyl (C=O) groups excluding carboxylic acids is 2. The van der Waals surface area contributed by atoms with Gasteiger partial charge >= 0.3 is 5.97 Å². The Balaban J connectivity index is 2.73. The van der Waals surface area contributed by atoms with Crippen LogP contribution in [0.15, 0.2) is 9.21 Å². The fourth-order valence-electron chi connectivity index (χ4n) is 1.54. The van der Waals surface area contributed by atoms with E-state index in [0.717, 1.165) is 0 Å². The lowest BCUT2D eigenvalue weighted by molar-refractivity contribution is -0.118. The Morgan fingerprint density at radius 2 is 2.00 bits per heavy atom. The molecule has 19 heavy (non-hydrogen) atoms. The second-order valence-electron chi connectivity index (χ2n) is 3.90. The van der Waals surface area contributed by atoms with Crippen molar-refractivity contribution < 1.29 is 14.3 Å². The Hall–Kier alpha value is -0.690. The highest BCUT2D eigenvalue weighted by Crippen LogP contribution is 2.26. The number of aryl methyl sites for hydroxylation is 1. The van der Waals surface area contributed by atoms with Gasteiger partial charge in [0.1, 0.15) is 20.6 Å². The topological polar surface area (TPSA) is 61.2 Å². The number of Topliss-reactive ketones (excluding diaryl/α,β-unsaturated/α-hetero) is 1. The predicted octanol–water partition coefficient (Wildman–Crippen LogP) is 3.34. The number of ether oxygens (including phenoxy) is 1. The summed E-state index contributed by atoms with van der Waals surface area (Å²) in [4.78, 5) is 23.0. The molecule has 0 saturated heterocycles. The van der Waals surface area contributed by atoms with Crippen molar-refractivity contribution in [2.45, 2.75) is 39.7 Å².